The van der Waals surface area contributed by atoms with Crippen LogP contribution in [-0.4, -0.2) is 33.2 Å². The van der Waals surface area contributed by atoms with Crippen molar-refractivity contribution in [3.63, 3.8) is 0 Å². The molecule has 0 aliphatic heterocycles. The minimum atomic E-state index is -0.00146. The molecule has 0 unspecified atom stereocenters. The number of aromatic nitrogens is 2. The van der Waals surface area contributed by atoms with Gasteiger partial charge in [-0.3, -0.25) is 9.48 Å². The number of rotatable bonds is 5. The molecule has 1 fully saturated rings. The van der Waals surface area contributed by atoms with E-state index >= 15 is 0 Å². The summed E-state index contributed by atoms with van der Waals surface area (Å²) in [5.41, 5.74) is 5.50. The molecule has 1 aromatic heterocycles. The van der Waals surface area contributed by atoms with Gasteiger partial charge in [-0.25, -0.2) is 0 Å². The van der Waals surface area contributed by atoms with Gasteiger partial charge in [0, 0.05) is 17.5 Å². The van der Waals surface area contributed by atoms with Gasteiger partial charge in [0.25, 0.3) is 0 Å². The summed E-state index contributed by atoms with van der Waals surface area (Å²) in [5.74, 6) is 0.442. The topological polar surface area (TPSA) is 72.9 Å². The molecule has 2 rings (SSSR count). The van der Waals surface area contributed by atoms with E-state index < -0.39 is 0 Å². The fourth-order valence-electron chi connectivity index (χ4n) is 2.40. The number of hydrogen-bond donors (Lipinski definition) is 2. The zero-order chi connectivity index (χ0) is 13.0. The molecular weight excluding hydrogens is 248 g/mol. The van der Waals surface area contributed by atoms with Crippen LogP contribution in [-0.2, 0) is 11.3 Å². The molecule has 0 spiro atoms. The first kappa shape index (κ1) is 13.3. The van der Waals surface area contributed by atoms with Gasteiger partial charge in [0.2, 0.25) is 5.91 Å². The molecule has 0 bridgehead atoms. The van der Waals surface area contributed by atoms with Crippen molar-refractivity contribution >= 4 is 23.5 Å². The van der Waals surface area contributed by atoms with E-state index in [1.807, 2.05) is 11.8 Å². The minimum Gasteiger partial charge on any atom is -0.382 e. The van der Waals surface area contributed by atoms with Crippen molar-refractivity contribution in [2.24, 2.45) is 0 Å². The van der Waals surface area contributed by atoms with E-state index in [9.17, 15) is 4.79 Å². The largest absolute Gasteiger partial charge is 0.382 e. The normalized spacial score (nSPS) is 17.8. The van der Waals surface area contributed by atoms with Gasteiger partial charge in [0.15, 0.2) is 0 Å². The molecule has 5 nitrogen and oxygen atoms in total. The average molecular weight is 268 g/mol. The molecule has 1 heterocycles. The van der Waals surface area contributed by atoms with Crippen LogP contribution in [0.15, 0.2) is 12.3 Å². The Kier molecular flexibility index (Phi) is 4.16. The van der Waals surface area contributed by atoms with E-state index in [2.05, 4.69) is 16.7 Å². The smallest absolute Gasteiger partial charge is 0.241 e. The number of anilines is 1. The third-order valence-electron chi connectivity index (χ3n) is 3.52. The summed E-state index contributed by atoms with van der Waals surface area (Å²) in [6.45, 7) is 0.991. The lowest BCUT2D eigenvalue weighted by Gasteiger charge is -2.26. The van der Waals surface area contributed by atoms with Crippen LogP contribution in [0.2, 0.25) is 0 Å². The van der Waals surface area contributed by atoms with Gasteiger partial charge in [-0.05, 0) is 25.2 Å². The average Bonchev–Trinajstić information content (AvgIpc) is 2.97. The minimum absolute atomic E-state index is 0.00146. The second-order valence-electron chi connectivity index (χ2n) is 4.81. The number of nitrogens with two attached hydrogens (primary N) is 1. The van der Waals surface area contributed by atoms with Crippen LogP contribution < -0.4 is 11.1 Å². The van der Waals surface area contributed by atoms with Crippen molar-refractivity contribution in [2.45, 2.75) is 37.0 Å². The maximum Gasteiger partial charge on any atom is 0.241 e. The van der Waals surface area contributed by atoms with E-state index in [1.165, 1.54) is 25.7 Å². The Hall–Kier alpha value is -1.17. The summed E-state index contributed by atoms with van der Waals surface area (Å²) in [5, 5.41) is 7.01. The molecule has 1 aromatic rings. The Bertz CT molecular complexity index is 412. The van der Waals surface area contributed by atoms with Crippen molar-refractivity contribution in [1.82, 2.24) is 15.1 Å². The summed E-state index contributed by atoms with van der Waals surface area (Å²) >= 11 is 1.88. The molecule has 0 radical (unpaired) electrons. The first-order valence-electron chi connectivity index (χ1n) is 6.24. The van der Waals surface area contributed by atoms with Gasteiger partial charge in [-0.15, -0.1) is 0 Å². The number of amides is 1. The lowest BCUT2D eigenvalue weighted by molar-refractivity contribution is -0.121. The van der Waals surface area contributed by atoms with Gasteiger partial charge in [-0.2, -0.15) is 16.9 Å². The van der Waals surface area contributed by atoms with Crippen molar-refractivity contribution in [3.05, 3.63) is 12.3 Å². The Morgan fingerprint density at radius 2 is 2.33 bits per heavy atom. The number of nitrogen functional groups attached to an aromatic ring is 1. The van der Waals surface area contributed by atoms with Crippen molar-refractivity contribution < 1.29 is 4.79 Å². The van der Waals surface area contributed by atoms with Crippen LogP contribution in [0, 0.1) is 0 Å². The van der Waals surface area contributed by atoms with E-state index in [4.69, 9.17) is 5.73 Å². The van der Waals surface area contributed by atoms with Crippen LogP contribution >= 0.6 is 11.8 Å². The number of hydrogen-bond acceptors (Lipinski definition) is 4. The quantitative estimate of drug-likeness (QED) is 0.843. The monoisotopic (exact) mass is 268 g/mol. The standard InChI is InChI=1S/C12H20N4OS/c1-18-12(5-2-3-6-12)9-14-11(17)8-16-7-4-10(13)15-16/h4,7H,2-3,5-6,8-9H2,1H3,(H2,13,15)(H,14,17). The van der Waals surface area contributed by atoms with Crippen LogP contribution in [0.1, 0.15) is 25.7 Å². The summed E-state index contributed by atoms with van der Waals surface area (Å²) in [6.07, 6.45) is 8.78. The Morgan fingerprint density at radius 1 is 1.61 bits per heavy atom. The summed E-state index contributed by atoms with van der Waals surface area (Å²) in [4.78, 5) is 11.8. The number of nitrogens with zero attached hydrogens (tertiary/aromatic N) is 2. The van der Waals surface area contributed by atoms with Crippen LogP contribution in [0.5, 0.6) is 0 Å². The van der Waals surface area contributed by atoms with Gasteiger partial charge in [0.1, 0.15) is 12.4 Å². The maximum absolute atomic E-state index is 11.8. The Morgan fingerprint density at radius 3 is 2.89 bits per heavy atom. The molecule has 18 heavy (non-hydrogen) atoms. The van der Waals surface area contributed by atoms with Gasteiger partial charge < -0.3 is 11.1 Å². The van der Waals surface area contributed by atoms with E-state index in [-0.39, 0.29) is 17.2 Å². The van der Waals surface area contributed by atoms with Crippen LogP contribution in [0.3, 0.4) is 0 Å². The van der Waals surface area contributed by atoms with Gasteiger partial charge in [0.05, 0.1) is 0 Å². The van der Waals surface area contributed by atoms with Crippen molar-refractivity contribution in [2.75, 3.05) is 18.5 Å². The van der Waals surface area contributed by atoms with Crippen molar-refractivity contribution in [1.29, 1.82) is 0 Å². The Labute approximate surface area is 111 Å². The van der Waals surface area contributed by atoms with E-state index in [0.29, 0.717) is 5.82 Å². The molecule has 1 saturated carbocycles. The molecule has 3 N–H and O–H groups in total. The summed E-state index contributed by atoms with van der Waals surface area (Å²) in [7, 11) is 0. The highest BCUT2D eigenvalue weighted by atomic mass is 32.2. The number of carbonyl (C=O) groups excluding carboxylic acids is 1. The zero-order valence-corrected chi connectivity index (χ0v) is 11.5. The van der Waals surface area contributed by atoms with Crippen molar-refractivity contribution in [3.8, 4) is 0 Å². The second-order valence-corrected chi connectivity index (χ2v) is 6.08. The first-order valence-corrected chi connectivity index (χ1v) is 7.47. The SMILES string of the molecule is CSC1(CNC(=O)Cn2ccc(N)n2)CCCC1. The van der Waals surface area contributed by atoms with Gasteiger partial charge in [-0.1, -0.05) is 12.8 Å². The molecule has 0 aromatic carbocycles. The molecular formula is C12H20N4OS. The predicted molar refractivity (Wildman–Crippen MR) is 74.4 cm³/mol. The van der Waals surface area contributed by atoms with E-state index in [1.54, 1.807) is 16.9 Å². The molecule has 6 heteroatoms. The zero-order valence-electron chi connectivity index (χ0n) is 10.7. The maximum atomic E-state index is 11.8. The van der Waals surface area contributed by atoms with Gasteiger partial charge >= 0.3 is 0 Å². The predicted octanol–water partition coefficient (Wildman–Crippen LogP) is 1.26. The summed E-state index contributed by atoms with van der Waals surface area (Å²) in [6, 6.07) is 1.69. The molecule has 0 saturated heterocycles. The number of thioether (sulfide) groups is 1. The molecule has 100 valence electrons. The first-order chi connectivity index (χ1) is 8.63. The lowest BCUT2D eigenvalue weighted by Crippen LogP contribution is -2.39. The number of nitrogens with one attached hydrogen (secondary N) is 1. The number of carbonyl (C=O) groups is 1. The third-order valence-corrected chi connectivity index (χ3v) is 4.94. The molecule has 1 aliphatic carbocycles. The second kappa shape index (κ2) is 5.65. The molecule has 0 atom stereocenters. The third kappa shape index (κ3) is 3.19. The highest BCUT2D eigenvalue weighted by Crippen LogP contribution is 2.39. The highest BCUT2D eigenvalue weighted by Gasteiger charge is 2.33. The summed E-state index contributed by atoms with van der Waals surface area (Å²) < 4.78 is 1.81. The lowest BCUT2D eigenvalue weighted by atomic mass is 10.1. The fraction of sp³-hybridized carbons (Fsp3) is 0.667. The van der Waals surface area contributed by atoms with Crippen LogP contribution in [0.4, 0.5) is 5.82 Å². The highest BCUT2D eigenvalue weighted by molar-refractivity contribution is 8.00. The molecule has 1 aliphatic rings. The fourth-order valence-corrected chi connectivity index (χ4v) is 3.31. The Balaban J connectivity index is 1.81. The molecule has 1 amide bonds. The van der Waals surface area contributed by atoms with Crippen LogP contribution in [0.25, 0.3) is 0 Å². The van der Waals surface area contributed by atoms with E-state index in [0.717, 1.165) is 6.54 Å².